The highest BCUT2D eigenvalue weighted by atomic mass is 16.5. The van der Waals surface area contributed by atoms with Crippen molar-refractivity contribution in [2.24, 2.45) is 0 Å². The zero-order valence-corrected chi connectivity index (χ0v) is 10.8. The number of aromatic nitrogens is 1. The van der Waals surface area contributed by atoms with Crippen LogP contribution in [0.4, 0.5) is 0 Å². The number of nitriles is 1. The maximum absolute atomic E-state index is 11.3. The Bertz CT molecular complexity index is 478. The summed E-state index contributed by atoms with van der Waals surface area (Å²) in [5.74, 6) is -0.121. The van der Waals surface area contributed by atoms with Gasteiger partial charge in [0.15, 0.2) is 0 Å². The summed E-state index contributed by atoms with van der Waals surface area (Å²) >= 11 is 0. The average molecular weight is 248 g/mol. The number of methoxy groups -OCH3 is 2. The van der Waals surface area contributed by atoms with Gasteiger partial charge in [-0.3, -0.25) is 4.79 Å². The quantitative estimate of drug-likeness (QED) is 0.740. The molecule has 1 rings (SSSR count). The predicted octanol–water partition coefficient (Wildman–Crippen LogP) is 1.63. The van der Waals surface area contributed by atoms with Crippen LogP contribution in [0.5, 0.6) is 5.88 Å². The van der Waals surface area contributed by atoms with Crippen LogP contribution in [0.15, 0.2) is 6.07 Å². The van der Waals surface area contributed by atoms with Gasteiger partial charge in [0.05, 0.1) is 20.6 Å². The van der Waals surface area contributed by atoms with Gasteiger partial charge in [-0.25, -0.2) is 4.98 Å². The summed E-state index contributed by atoms with van der Waals surface area (Å²) in [7, 11) is 2.78. The van der Waals surface area contributed by atoms with E-state index in [1.807, 2.05) is 13.0 Å². The molecule has 96 valence electrons. The molecule has 0 aliphatic heterocycles. The van der Waals surface area contributed by atoms with Crippen LogP contribution < -0.4 is 4.74 Å². The normalized spacial score (nSPS) is 9.67. The van der Waals surface area contributed by atoms with Gasteiger partial charge in [0, 0.05) is 5.69 Å². The van der Waals surface area contributed by atoms with Crippen LogP contribution in [-0.4, -0.2) is 25.2 Å². The molecule has 0 fully saturated rings. The number of hydrogen-bond donors (Lipinski definition) is 0. The van der Waals surface area contributed by atoms with Gasteiger partial charge < -0.3 is 9.47 Å². The summed E-state index contributed by atoms with van der Waals surface area (Å²) in [5.41, 5.74) is 1.70. The number of rotatable bonds is 5. The molecule has 0 bridgehead atoms. The van der Waals surface area contributed by atoms with Gasteiger partial charge in [-0.05, 0) is 18.1 Å². The predicted molar refractivity (Wildman–Crippen MR) is 65.2 cm³/mol. The number of carbonyl (C=O) groups is 1. The Labute approximate surface area is 106 Å². The van der Waals surface area contributed by atoms with E-state index < -0.39 is 0 Å². The molecule has 0 atom stereocenters. The molecule has 0 aliphatic rings. The third-order valence-electron chi connectivity index (χ3n) is 2.49. The number of hydrogen-bond acceptors (Lipinski definition) is 5. The van der Waals surface area contributed by atoms with Crippen LogP contribution in [-0.2, 0) is 22.4 Å². The number of nitrogens with zero attached hydrogens (tertiary/aromatic N) is 2. The van der Waals surface area contributed by atoms with E-state index in [9.17, 15) is 4.79 Å². The van der Waals surface area contributed by atoms with Crippen molar-refractivity contribution in [1.29, 1.82) is 5.26 Å². The van der Waals surface area contributed by atoms with Gasteiger partial charge in [-0.15, -0.1) is 0 Å². The van der Waals surface area contributed by atoms with E-state index in [1.165, 1.54) is 14.2 Å². The van der Waals surface area contributed by atoms with Gasteiger partial charge in [-0.2, -0.15) is 5.26 Å². The average Bonchev–Trinajstić information content (AvgIpc) is 2.38. The lowest BCUT2D eigenvalue weighted by Gasteiger charge is -2.09. The number of esters is 1. The van der Waals surface area contributed by atoms with Crippen LogP contribution in [0, 0.1) is 11.3 Å². The molecular formula is C13H16N2O3. The van der Waals surface area contributed by atoms with E-state index in [2.05, 4.69) is 9.72 Å². The Balaban J connectivity index is 3.22. The molecule has 0 saturated heterocycles. The van der Waals surface area contributed by atoms with E-state index in [1.54, 1.807) is 6.07 Å². The van der Waals surface area contributed by atoms with Crippen LogP contribution in [0.25, 0.3) is 0 Å². The third-order valence-corrected chi connectivity index (χ3v) is 2.49. The second-order valence-electron chi connectivity index (χ2n) is 3.77. The lowest BCUT2D eigenvalue weighted by molar-refractivity contribution is -0.139. The maximum atomic E-state index is 11.3. The fraction of sp³-hybridized carbons (Fsp3) is 0.462. The molecule has 5 heteroatoms. The molecule has 1 aromatic rings. The van der Waals surface area contributed by atoms with E-state index in [0.717, 1.165) is 18.5 Å². The summed E-state index contributed by atoms with van der Waals surface area (Å²) in [5, 5.41) is 9.11. The van der Waals surface area contributed by atoms with Crippen molar-refractivity contribution < 1.29 is 14.3 Å². The smallest absolute Gasteiger partial charge is 0.310 e. The summed E-state index contributed by atoms with van der Waals surface area (Å²) in [4.78, 5) is 15.6. The van der Waals surface area contributed by atoms with E-state index in [4.69, 9.17) is 10.00 Å². The van der Waals surface area contributed by atoms with Gasteiger partial charge in [0.25, 0.3) is 0 Å². The second-order valence-corrected chi connectivity index (χ2v) is 3.77. The van der Waals surface area contributed by atoms with Gasteiger partial charge in [0.1, 0.15) is 11.6 Å². The van der Waals surface area contributed by atoms with Crippen LogP contribution in [0.2, 0.25) is 0 Å². The Kier molecular flexibility index (Phi) is 5.12. The minimum atomic E-state index is -0.387. The summed E-state index contributed by atoms with van der Waals surface area (Å²) in [6.45, 7) is 2.03. The van der Waals surface area contributed by atoms with Crippen molar-refractivity contribution in [2.45, 2.75) is 26.2 Å². The van der Waals surface area contributed by atoms with Crippen molar-refractivity contribution in [3.05, 3.63) is 22.9 Å². The molecule has 0 aromatic carbocycles. The van der Waals surface area contributed by atoms with Crippen LogP contribution in [0.1, 0.15) is 30.2 Å². The first-order valence-corrected chi connectivity index (χ1v) is 5.69. The molecule has 0 amide bonds. The van der Waals surface area contributed by atoms with Crippen molar-refractivity contribution in [1.82, 2.24) is 4.98 Å². The lowest BCUT2D eigenvalue weighted by Crippen LogP contribution is -2.09. The number of aryl methyl sites for hydroxylation is 1. The highest BCUT2D eigenvalue weighted by molar-refractivity contribution is 5.73. The molecular weight excluding hydrogens is 232 g/mol. The Morgan fingerprint density at radius 3 is 2.72 bits per heavy atom. The zero-order valence-electron chi connectivity index (χ0n) is 10.8. The minimum absolute atomic E-state index is 0.0506. The van der Waals surface area contributed by atoms with Crippen LogP contribution >= 0.6 is 0 Å². The zero-order chi connectivity index (χ0) is 13.5. The molecule has 18 heavy (non-hydrogen) atoms. The molecule has 0 spiro atoms. The van der Waals surface area contributed by atoms with Crippen molar-refractivity contribution in [3.63, 3.8) is 0 Å². The fourth-order valence-corrected chi connectivity index (χ4v) is 1.65. The molecule has 0 saturated carbocycles. The molecule has 5 nitrogen and oxygen atoms in total. The summed E-state index contributed by atoms with van der Waals surface area (Å²) < 4.78 is 9.71. The molecule has 0 N–H and O–H groups in total. The first-order valence-electron chi connectivity index (χ1n) is 5.69. The van der Waals surface area contributed by atoms with Crippen molar-refractivity contribution >= 4 is 5.97 Å². The SMILES string of the molecule is CCCc1cc(CC(=O)OC)c(C#N)c(OC)n1. The first kappa shape index (κ1) is 14.0. The minimum Gasteiger partial charge on any atom is -0.480 e. The van der Waals surface area contributed by atoms with E-state index in [0.29, 0.717) is 11.1 Å². The highest BCUT2D eigenvalue weighted by Crippen LogP contribution is 2.22. The highest BCUT2D eigenvalue weighted by Gasteiger charge is 2.15. The largest absolute Gasteiger partial charge is 0.480 e. The van der Waals surface area contributed by atoms with Crippen LogP contribution in [0.3, 0.4) is 0 Å². The fourth-order valence-electron chi connectivity index (χ4n) is 1.65. The Hall–Kier alpha value is -2.09. The number of ether oxygens (including phenoxy) is 2. The Morgan fingerprint density at radius 1 is 1.50 bits per heavy atom. The topological polar surface area (TPSA) is 72.2 Å². The molecule has 0 radical (unpaired) electrons. The third kappa shape index (κ3) is 3.20. The standard InChI is InChI=1S/C13H16N2O3/c1-4-5-10-6-9(7-12(16)17-2)11(8-14)13(15-10)18-3/h6H,4-5,7H2,1-3H3. The number of carbonyl (C=O) groups excluding carboxylic acids is 1. The van der Waals surface area contributed by atoms with E-state index >= 15 is 0 Å². The molecule has 1 heterocycles. The first-order chi connectivity index (χ1) is 8.65. The molecule has 0 unspecified atom stereocenters. The van der Waals surface area contributed by atoms with E-state index in [-0.39, 0.29) is 18.3 Å². The molecule has 0 aliphatic carbocycles. The maximum Gasteiger partial charge on any atom is 0.310 e. The van der Waals surface area contributed by atoms with Gasteiger partial charge >= 0.3 is 5.97 Å². The summed E-state index contributed by atoms with van der Waals surface area (Å²) in [6.07, 6.45) is 1.75. The van der Waals surface area contributed by atoms with Gasteiger partial charge in [-0.1, -0.05) is 13.3 Å². The monoisotopic (exact) mass is 248 g/mol. The number of pyridine rings is 1. The van der Waals surface area contributed by atoms with Crippen molar-refractivity contribution in [2.75, 3.05) is 14.2 Å². The lowest BCUT2D eigenvalue weighted by atomic mass is 10.0. The van der Waals surface area contributed by atoms with Crippen molar-refractivity contribution in [3.8, 4) is 11.9 Å². The Morgan fingerprint density at radius 2 is 2.22 bits per heavy atom. The van der Waals surface area contributed by atoms with Gasteiger partial charge in [0.2, 0.25) is 5.88 Å². The summed E-state index contributed by atoms with van der Waals surface area (Å²) in [6, 6.07) is 3.78. The molecule has 1 aromatic heterocycles. The second kappa shape index (κ2) is 6.60.